The van der Waals surface area contributed by atoms with Gasteiger partial charge in [-0.3, -0.25) is 9.89 Å². The molecule has 0 aliphatic heterocycles. The van der Waals surface area contributed by atoms with Crippen LogP contribution in [0.3, 0.4) is 0 Å². The van der Waals surface area contributed by atoms with E-state index < -0.39 is 0 Å². The first-order valence-corrected chi connectivity index (χ1v) is 6.78. The Bertz CT molecular complexity index is 588. The van der Waals surface area contributed by atoms with Crippen LogP contribution in [-0.2, 0) is 6.42 Å². The van der Waals surface area contributed by atoms with Crippen LogP contribution in [0.4, 0.5) is 0 Å². The molecule has 0 radical (unpaired) electrons. The number of benzene rings is 1. The van der Waals surface area contributed by atoms with E-state index in [9.17, 15) is 4.79 Å². The van der Waals surface area contributed by atoms with Crippen molar-refractivity contribution in [3.05, 3.63) is 47.0 Å². The fraction of sp³-hybridized carbons (Fsp3) is 0.400. The van der Waals surface area contributed by atoms with Crippen molar-refractivity contribution >= 4 is 5.91 Å². The van der Waals surface area contributed by atoms with Gasteiger partial charge in [0.15, 0.2) is 0 Å². The van der Waals surface area contributed by atoms with Gasteiger partial charge in [0.2, 0.25) is 5.82 Å². The smallest absolute Gasteiger partial charge is 0.293 e. The predicted molar refractivity (Wildman–Crippen MR) is 77.4 cm³/mol. The Kier molecular flexibility index (Phi) is 4.17. The minimum atomic E-state index is -0.172. The zero-order valence-electron chi connectivity index (χ0n) is 12.3. The lowest BCUT2D eigenvalue weighted by atomic mass is 10.1. The molecule has 0 bridgehead atoms. The van der Waals surface area contributed by atoms with Crippen LogP contribution >= 0.6 is 0 Å². The molecule has 1 unspecified atom stereocenters. The summed E-state index contributed by atoms with van der Waals surface area (Å²) in [5.41, 5.74) is 2.30. The Morgan fingerprint density at radius 2 is 2.00 bits per heavy atom. The maximum atomic E-state index is 12.3. The van der Waals surface area contributed by atoms with Crippen molar-refractivity contribution < 1.29 is 4.79 Å². The molecule has 1 N–H and O–H groups in total. The summed E-state index contributed by atoms with van der Waals surface area (Å²) >= 11 is 0. The van der Waals surface area contributed by atoms with Gasteiger partial charge in [0.05, 0.1) is 6.04 Å². The number of amides is 1. The molecule has 1 amide bonds. The second-order valence-corrected chi connectivity index (χ2v) is 4.96. The number of rotatable bonds is 4. The van der Waals surface area contributed by atoms with E-state index >= 15 is 0 Å². The van der Waals surface area contributed by atoms with Crippen molar-refractivity contribution in [3.8, 4) is 0 Å². The molecule has 20 heavy (non-hydrogen) atoms. The van der Waals surface area contributed by atoms with Crippen molar-refractivity contribution in [1.82, 2.24) is 20.1 Å². The van der Waals surface area contributed by atoms with Gasteiger partial charge in [-0.05, 0) is 19.4 Å². The van der Waals surface area contributed by atoms with Gasteiger partial charge in [-0.25, -0.2) is 4.98 Å². The number of aromatic nitrogens is 3. The van der Waals surface area contributed by atoms with Crippen molar-refractivity contribution in [1.29, 1.82) is 0 Å². The van der Waals surface area contributed by atoms with Gasteiger partial charge in [-0.15, -0.1) is 5.10 Å². The zero-order chi connectivity index (χ0) is 14.7. The number of carbonyl (C=O) groups is 1. The average Bonchev–Trinajstić information content (AvgIpc) is 2.94. The molecule has 1 aromatic heterocycles. The second-order valence-electron chi connectivity index (χ2n) is 4.96. The van der Waals surface area contributed by atoms with Gasteiger partial charge in [0, 0.05) is 13.5 Å². The lowest BCUT2D eigenvalue weighted by Gasteiger charge is -2.24. The van der Waals surface area contributed by atoms with Crippen LogP contribution in [0.2, 0.25) is 0 Å². The molecule has 0 aliphatic rings. The van der Waals surface area contributed by atoms with E-state index in [1.54, 1.807) is 11.9 Å². The van der Waals surface area contributed by atoms with Crippen LogP contribution in [0, 0.1) is 6.92 Å². The number of carbonyl (C=O) groups excluding carboxylic acids is 1. The fourth-order valence-corrected chi connectivity index (χ4v) is 1.95. The van der Waals surface area contributed by atoms with Gasteiger partial charge >= 0.3 is 0 Å². The molecule has 2 rings (SSSR count). The molecule has 5 nitrogen and oxygen atoms in total. The molecule has 1 atom stereocenters. The highest BCUT2D eigenvalue weighted by atomic mass is 16.2. The van der Waals surface area contributed by atoms with Crippen LogP contribution in [0.5, 0.6) is 0 Å². The number of aromatic amines is 1. The van der Waals surface area contributed by atoms with Crippen LogP contribution in [0.1, 0.15) is 47.5 Å². The second kappa shape index (κ2) is 5.86. The first kappa shape index (κ1) is 14.2. The van der Waals surface area contributed by atoms with Crippen LogP contribution in [0.15, 0.2) is 24.3 Å². The minimum absolute atomic E-state index is 0.0216. The number of hydrogen-bond acceptors (Lipinski definition) is 3. The Morgan fingerprint density at radius 1 is 1.35 bits per heavy atom. The molecule has 1 aromatic carbocycles. The Balaban J connectivity index is 2.15. The monoisotopic (exact) mass is 272 g/mol. The van der Waals surface area contributed by atoms with Crippen molar-refractivity contribution in [2.24, 2.45) is 0 Å². The molecule has 0 aliphatic carbocycles. The summed E-state index contributed by atoms with van der Waals surface area (Å²) in [7, 11) is 1.77. The highest BCUT2D eigenvalue weighted by Gasteiger charge is 2.22. The van der Waals surface area contributed by atoms with Crippen molar-refractivity contribution in [2.75, 3.05) is 7.05 Å². The topological polar surface area (TPSA) is 61.9 Å². The summed E-state index contributed by atoms with van der Waals surface area (Å²) < 4.78 is 0. The largest absolute Gasteiger partial charge is 0.332 e. The van der Waals surface area contributed by atoms with E-state index in [0.29, 0.717) is 0 Å². The summed E-state index contributed by atoms with van der Waals surface area (Å²) in [6, 6.07) is 8.16. The number of hydrogen-bond donors (Lipinski definition) is 1. The van der Waals surface area contributed by atoms with Crippen LogP contribution < -0.4 is 0 Å². The van der Waals surface area contributed by atoms with E-state index in [-0.39, 0.29) is 17.8 Å². The average molecular weight is 272 g/mol. The summed E-state index contributed by atoms with van der Waals surface area (Å²) in [4.78, 5) is 18.2. The maximum Gasteiger partial charge on any atom is 0.293 e. The van der Waals surface area contributed by atoms with Crippen LogP contribution in [-0.4, -0.2) is 33.0 Å². The molecule has 106 valence electrons. The Morgan fingerprint density at radius 3 is 2.55 bits per heavy atom. The standard InChI is InChI=1S/C15H20N4O/c1-5-13-16-14(18-17-13)15(20)19(4)11(3)12-8-6-10(2)7-9-12/h6-9,11H,5H2,1-4H3,(H,16,17,18). The first-order valence-electron chi connectivity index (χ1n) is 6.78. The molecule has 1 heterocycles. The molecular formula is C15H20N4O. The molecule has 0 fully saturated rings. The molecule has 0 saturated heterocycles. The van der Waals surface area contributed by atoms with Crippen LogP contribution in [0.25, 0.3) is 0 Å². The van der Waals surface area contributed by atoms with Gasteiger partial charge in [0.25, 0.3) is 5.91 Å². The predicted octanol–water partition coefficient (Wildman–Crippen LogP) is 2.51. The molecular weight excluding hydrogens is 252 g/mol. The number of nitrogens with one attached hydrogen (secondary N) is 1. The van der Waals surface area contributed by atoms with Gasteiger partial charge < -0.3 is 4.90 Å². The highest BCUT2D eigenvalue weighted by molar-refractivity contribution is 5.90. The van der Waals surface area contributed by atoms with E-state index in [0.717, 1.165) is 17.8 Å². The third-order valence-corrected chi connectivity index (χ3v) is 3.52. The van der Waals surface area contributed by atoms with Crippen molar-refractivity contribution in [3.63, 3.8) is 0 Å². The lowest BCUT2D eigenvalue weighted by Crippen LogP contribution is -2.30. The first-order chi connectivity index (χ1) is 9.52. The molecule has 0 spiro atoms. The Labute approximate surface area is 119 Å². The summed E-state index contributed by atoms with van der Waals surface area (Å²) in [6.45, 7) is 6.01. The van der Waals surface area contributed by atoms with Gasteiger partial charge in [0.1, 0.15) is 5.82 Å². The molecule has 2 aromatic rings. The lowest BCUT2D eigenvalue weighted by molar-refractivity contribution is 0.0730. The zero-order valence-corrected chi connectivity index (χ0v) is 12.3. The summed E-state index contributed by atoms with van der Waals surface area (Å²) in [5, 5.41) is 6.74. The molecule has 5 heteroatoms. The minimum Gasteiger partial charge on any atom is -0.332 e. The Hall–Kier alpha value is -2.17. The van der Waals surface area contributed by atoms with E-state index in [1.165, 1.54) is 5.56 Å². The van der Waals surface area contributed by atoms with Gasteiger partial charge in [-0.2, -0.15) is 0 Å². The fourth-order valence-electron chi connectivity index (χ4n) is 1.95. The molecule has 0 saturated carbocycles. The highest BCUT2D eigenvalue weighted by Crippen LogP contribution is 2.20. The third kappa shape index (κ3) is 2.87. The van der Waals surface area contributed by atoms with E-state index in [1.807, 2.05) is 45.0 Å². The number of aryl methyl sites for hydroxylation is 2. The quantitative estimate of drug-likeness (QED) is 0.930. The summed E-state index contributed by atoms with van der Waals surface area (Å²) in [6.07, 6.45) is 0.734. The number of nitrogens with zero attached hydrogens (tertiary/aromatic N) is 3. The van der Waals surface area contributed by atoms with Crippen molar-refractivity contribution in [2.45, 2.75) is 33.2 Å². The third-order valence-electron chi connectivity index (χ3n) is 3.52. The van der Waals surface area contributed by atoms with E-state index in [4.69, 9.17) is 0 Å². The van der Waals surface area contributed by atoms with E-state index in [2.05, 4.69) is 15.2 Å². The summed E-state index contributed by atoms with van der Waals surface area (Å²) in [5.74, 6) is 0.780. The van der Waals surface area contributed by atoms with Gasteiger partial charge in [-0.1, -0.05) is 36.8 Å². The number of H-pyrrole nitrogens is 1. The normalized spacial score (nSPS) is 12.2. The maximum absolute atomic E-state index is 12.3. The SMILES string of the molecule is CCc1nc(C(=O)N(C)C(C)c2ccc(C)cc2)n[nH]1.